The van der Waals surface area contributed by atoms with Gasteiger partial charge in [0.1, 0.15) is 11.4 Å². The first-order valence-corrected chi connectivity index (χ1v) is 10.0. The van der Waals surface area contributed by atoms with Gasteiger partial charge in [-0.1, -0.05) is 30.3 Å². The number of rotatable bonds is 7. The fourth-order valence-electron chi connectivity index (χ4n) is 3.93. The van der Waals surface area contributed by atoms with Crippen molar-refractivity contribution < 1.29 is 19.4 Å². The van der Waals surface area contributed by atoms with Crippen molar-refractivity contribution >= 4 is 17.8 Å². The molecule has 3 rings (SSSR count). The number of hydrogen-bond acceptors (Lipinski definition) is 5. The van der Waals surface area contributed by atoms with E-state index < -0.39 is 12.0 Å². The highest BCUT2D eigenvalue weighted by molar-refractivity contribution is 5.95. The average molecular weight is 412 g/mol. The maximum absolute atomic E-state index is 11.8. The van der Waals surface area contributed by atoms with Gasteiger partial charge in [0, 0.05) is 18.6 Å². The van der Waals surface area contributed by atoms with Crippen molar-refractivity contribution in [2.45, 2.75) is 51.2 Å². The number of nitrogens with zero attached hydrogens (tertiary/aromatic N) is 2. The summed E-state index contributed by atoms with van der Waals surface area (Å²) < 4.78 is 5.20. The minimum atomic E-state index is -0.889. The Morgan fingerprint density at radius 3 is 2.47 bits per heavy atom. The van der Waals surface area contributed by atoms with E-state index in [0.717, 1.165) is 36.8 Å². The van der Waals surface area contributed by atoms with Gasteiger partial charge in [-0.2, -0.15) is 4.98 Å². The summed E-state index contributed by atoms with van der Waals surface area (Å²) in [6.45, 7) is 2.25. The number of hydrogen-bond donors (Lipinski definition) is 3. The zero-order valence-corrected chi connectivity index (χ0v) is 17.3. The lowest BCUT2D eigenvalue weighted by Crippen LogP contribution is -2.43. The van der Waals surface area contributed by atoms with Crippen LogP contribution < -0.4 is 15.8 Å². The molecule has 1 fully saturated rings. The minimum absolute atomic E-state index is 0.0124. The largest absolute Gasteiger partial charge is 0.480 e. The van der Waals surface area contributed by atoms with Crippen LogP contribution in [-0.2, 0) is 6.54 Å². The average Bonchev–Trinajstić information content (AvgIpc) is 2.74. The third kappa shape index (κ3) is 5.00. The lowest BCUT2D eigenvalue weighted by atomic mass is 9.90. The molecular weight excluding hydrogens is 384 g/mol. The van der Waals surface area contributed by atoms with Crippen molar-refractivity contribution in [1.82, 2.24) is 9.88 Å². The second kappa shape index (κ2) is 9.47. The number of nitrogens with one attached hydrogen (secondary N) is 1. The summed E-state index contributed by atoms with van der Waals surface area (Å²) in [5.41, 5.74) is 7.43. The highest BCUT2D eigenvalue weighted by Crippen LogP contribution is 2.29. The maximum atomic E-state index is 11.8. The number of aromatic nitrogens is 1. The number of carboxylic acid groups (broad SMARTS) is 1. The Labute approximate surface area is 176 Å². The van der Waals surface area contributed by atoms with Gasteiger partial charge in [-0.15, -0.1) is 0 Å². The Bertz CT molecular complexity index is 896. The second-order valence-electron chi connectivity index (χ2n) is 7.62. The number of pyridine rings is 1. The van der Waals surface area contributed by atoms with Crippen LogP contribution in [0, 0.1) is 6.92 Å². The molecule has 8 heteroatoms. The summed E-state index contributed by atoms with van der Waals surface area (Å²) in [6.07, 6.45) is 2.30. The van der Waals surface area contributed by atoms with Crippen LogP contribution in [-0.4, -0.2) is 46.2 Å². The molecule has 0 atom stereocenters. The molecule has 2 amide bonds. The van der Waals surface area contributed by atoms with E-state index in [1.54, 1.807) is 11.0 Å². The minimum Gasteiger partial charge on any atom is -0.480 e. The smallest absolute Gasteiger partial charge is 0.407 e. The Hall–Kier alpha value is -3.29. The van der Waals surface area contributed by atoms with E-state index in [1.807, 2.05) is 37.3 Å². The van der Waals surface area contributed by atoms with E-state index in [2.05, 4.69) is 10.3 Å². The van der Waals surface area contributed by atoms with Gasteiger partial charge in [0.15, 0.2) is 0 Å². The Morgan fingerprint density at radius 2 is 1.90 bits per heavy atom. The summed E-state index contributed by atoms with van der Waals surface area (Å²) in [5, 5.41) is 13.1. The molecular formula is C22H28N4O4. The van der Waals surface area contributed by atoms with Crippen LogP contribution in [0.5, 0.6) is 5.88 Å². The summed E-state index contributed by atoms with van der Waals surface area (Å²) in [5.74, 6) is 0.269. The van der Waals surface area contributed by atoms with Gasteiger partial charge in [0.25, 0.3) is 5.91 Å². The molecule has 0 spiro atoms. The first kappa shape index (κ1) is 21.4. The summed E-state index contributed by atoms with van der Waals surface area (Å²) in [4.78, 5) is 29.3. The fraction of sp³-hybridized carbons (Fsp3) is 0.409. The van der Waals surface area contributed by atoms with Crippen LogP contribution in [0.25, 0.3) is 0 Å². The van der Waals surface area contributed by atoms with Crippen LogP contribution in [0.15, 0.2) is 36.4 Å². The van der Waals surface area contributed by atoms with Crippen molar-refractivity contribution in [2.75, 3.05) is 12.4 Å². The van der Waals surface area contributed by atoms with Crippen LogP contribution in [0.2, 0.25) is 0 Å². The molecule has 1 aromatic heterocycles. The van der Waals surface area contributed by atoms with Crippen LogP contribution in [0.3, 0.4) is 0 Å². The van der Waals surface area contributed by atoms with E-state index >= 15 is 0 Å². The van der Waals surface area contributed by atoms with Gasteiger partial charge < -0.3 is 25.8 Å². The number of methoxy groups -OCH3 is 1. The monoisotopic (exact) mass is 412 g/mol. The van der Waals surface area contributed by atoms with E-state index in [1.165, 1.54) is 7.11 Å². The van der Waals surface area contributed by atoms with Crippen LogP contribution in [0.4, 0.5) is 10.6 Å². The lowest BCUT2D eigenvalue weighted by molar-refractivity contribution is 0.0995. The molecule has 1 heterocycles. The summed E-state index contributed by atoms with van der Waals surface area (Å²) in [6, 6.07) is 11.5. The van der Waals surface area contributed by atoms with E-state index in [4.69, 9.17) is 10.5 Å². The molecule has 0 radical (unpaired) electrons. The molecule has 30 heavy (non-hydrogen) atoms. The van der Waals surface area contributed by atoms with Crippen molar-refractivity contribution in [1.29, 1.82) is 0 Å². The fourth-order valence-corrected chi connectivity index (χ4v) is 3.93. The standard InChI is InChI=1S/C22H28N4O4/c1-14-12-18(19(23)27)21(30-2)25-20(14)24-16-8-10-17(11-9-16)26(22(28)29)13-15-6-4-3-5-7-15/h3-7,12,16-17H,8-11,13H2,1-2H3,(H2,23,27)(H,24,25)(H,28,29). The third-order valence-corrected chi connectivity index (χ3v) is 5.56. The normalized spacial score (nSPS) is 18.5. The van der Waals surface area contributed by atoms with E-state index in [-0.39, 0.29) is 23.5 Å². The molecule has 0 aliphatic heterocycles. The predicted octanol–water partition coefficient (Wildman–Crippen LogP) is 3.40. The van der Waals surface area contributed by atoms with Gasteiger partial charge >= 0.3 is 6.09 Å². The van der Waals surface area contributed by atoms with Gasteiger partial charge in [-0.25, -0.2) is 4.79 Å². The molecule has 0 bridgehead atoms. The summed E-state index contributed by atoms with van der Waals surface area (Å²) in [7, 11) is 1.45. The highest BCUT2D eigenvalue weighted by atomic mass is 16.5. The predicted molar refractivity (Wildman–Crippen MR) is 114 cm³/mol. The Kier molecular flexibility index (Phi) is 6.76. The van der Waals surface area contributed by atoms with Crippen LogP contribution >= 0.6 is 0 Å². The van der Waals surface area contributed by atoms with Crippen molar-refractivity contribution in [3.05, 3.63) is 53.1 Å². The van der Waals surface area contributed by atoms with Crippen molar-refractivity contribution in [2.24, 2.45) is 5.73 Å². The van der Waals surface area contributed by atoms with Crippen molar-refractivity contribution in [3.63, 3.8) is 0 Å². The quantitative estimate of drug-likeness (QED) is 0.641. The number of carbonyl (C=O) groups is 2. The first-order valence-electron chi connectivity index (χ1n) is 10.0. The van der Waals surface area contributed by atoms with Crippen molar-refractivity contribution in [3.8, 4) is 5.88 Å². The Balaban J connectivity index is 1.64. The van der Waals surface area contributed by atoms with Gasteiger partial charge in [0.05, 0.1) is 7.11 Å². The number of nitrogens with two attached hydrogens (primary N) is 1. The molecule has 160 valence electrons. The van der Waals surface area contributed by atoms with E-state index in [0.29, 0.717) is 12.4 Å². The molecule has 1 saturated carbocycles. The second-order valence-corrected chi connectivity index (χ2v) is 7.62. The molecule has 4 N–H and O–H groups in total. The number of aryl methyl sites for hydroxylation is 1. The number of carbonyl (C=O) groups excluding carboxylic acids is 1. The Morgan fingerprint density at radius 1 is 1.23 bits per heavy atom. The topological polar surface area (TPSA) is 118 Å². The molecule has 8 nitrogen and oxygen atoms in total. The van der Waals surface area contributed by atoms with E-state index in [9.17, 15) is 14.7 Å². The van der Waals surface area contributed by atoms with Gasteiger partial charge in [-0.3, -0.25) is 4.79 Å². The van der Waals surface area contributed by atoms with Gasteiger partial charge in [0.2, 0.25) is 5.88 Å². The number of anilines is 1. The summed E-state index contributed by atoms with van der Waals surface area (Å²) >= 11 is 0. The molecule has 0 saturated heterocycles. The molecule has 1 aliphatic carbocycles. The lowest BCUT2D eigenvalue weighted by Gasteiger charge is -2.36. The maximum Gasteiger partial charge on any atom is 0.407 e. The highest BCUT2D eigenvalue weighted by Gasteiger charge is 2.29. The molecule has 0 unspecified atom stereocenters. The zero-order chi connectivity index (χ0) is 21.7. The molecule has 1 aliphatic rings. The zero-order valence-electron chi connectivity index (χ0n) is 17.3. The number of ether oxygens (including phenoxy) is 1. The number of primary amides is 1. The first-order chi connectivity index (χ1) is 14.4. The number of amides is 2. The van der Waals surface area contributed by atoms with Crippen LogP contribution in [0.1, 0.15) is 47.2 Å². The number of benzene rings is 1. The molecule has 2 aromatic rings. The van der Waals surface area contributed by atoms with Gasteiger partial charge in [-0.05, 0) is 49.8 Å². The third-order valence-electron chi connectivity index (χ3n) is 5.56. The molecule has 1 aromatic carbocycles. The SMILES string of the molecule is COc1nc(NC2CCC(N(Cc3ccccc3)C(=O)O)CC2)c(C)cc1C(N)=O.